The van der Waals surface area contributed by atoms with Gasteiger partial charge in [0.2, 0.25) is 0 Å². The minimum absolute atomic E-state index is 0.211. The Hall–Kier alpha value is -3.69. The molecule has 1 aliphatic carbocycles. The van der Waals surface area contributed by atoms with Crippen molar-refractivity contribution in [3.05, 3.63) is 87.7 Å². The molecule has 0 saturated carbocycles. The highest BCUT2D eigenvalue weighted by Gasteiger charge is 2.39. The summed E-state index contributed by atoms with van der Waals surface area (Å²) in [5.74, 6) is 0.0819. The van der Waals surface area contributed by atoms with Gasteiger partial charge < -0.3 is 15.5 Å². The fourth-order valence-electron chi connectivity index (χ4n) is 4.56. The molecule has 0 radical (unpaired) electrons. The summed E-state index contributed by atoms with van der Waals surface area (Å²) >= 11 is 1.36. The topological polar surface area (TPSA) is 108 Å². The minimum Gasteiger partial charge on any atom is -0.478 e. The first-order valence-electron chi connectivity index (χ1n) is 11.6. The number of pyridine rings is 2. The summed E-state index contributed by atoms with van der Waals surface area (Å²) in [7, 11) is 0. The predicted molar refractivity (Wildman–Crippen MR) is 136 cm³/mol. The highest BCUT2D eigenvalue weighted by Crippen LogP contribution is 2.43. The number of aliphatic hydroxyl groups is 1. The molecule has 7 nitrogen and oxygen atoms in total. The van der Waals surface area contributed by atoms with Crippen molar-refractivity contribution in [1.82, 2.24) is 15.0 Å². The molecule has 1 aromatic carbocycles. The molecule has 0 aliphatic heterocycles. The van der Waals surface area contributed by atoms with Crippen molar-refractivity contribution < 1.29 is 19.4 Å². The van der Waals surface area contributed by atoms with Crippen LogP contribution in [0.5, 0.6) is 0 Å². The van der Waals surface area contributed by atoms with Crippen molar-refractivity contribution in [2.45, 2.75) is 44.9 Å². The van der Waals surface area contributed by atoms with Crippen molar-refractivity contribution in [2.24, 2.45) is 0 Å². The zero-order valence-corrected chi connectivity index (χ0v) is 20.6. The number of halogens is 1. The Morgan fingerprint density at radius 1 is 1.17 bits per heavy atom. The highest BCUT2D eigenvalue weighted by molar-refractivity contribution is 7.15. The first-order chi connectivity index (χ1) is 17.2. The van der Waals surface area contributed by atoms with Gasteiger partial charge in [0.25, 0.3) is 0 Å². The molecular weight excluding hydrogens is 479 g/mol. The number of hydrogen-bond donors (Lipinski definition) is 3. The Bertz CT molecular complexity index is 1450. The van der Waals surface area contributed by atoms with Crippen molar-refractivity contribution in [3.63, 3.8) is 0 Å². The predicted octanol–water partition coefficient (Wildman–Crippen LogP) is 5.95. The molecule has 3 N–H and O–H groups in total. The van der Waals surface area contributed by atoms with Crippen LogP contribution in [0.1, 0.15) is 63.6 Å². The van der Waals surface area contributed by atoms with Gasteiger partial charge in [-0.25, -0.2) is 24.1 Å². The molecule has 0 spiro atoms. The largest absolute Gasteiger partial charge is 0.478 e. The maximum atomic E-state index is 13.7. The van der Waals surface area contributed by atoms with Crippen LogP contribution >= 0.6 is 11.3 Å². The summed E-state index contributed by atoms with van der Waals surface area (Å²) in [5, 5.41) is 24.7. The molecule has 2 atom stereocenters. The molecular formula is C27H25FN4O3S. The van der Waals surface area contributed by atoms with E-state index in [4.69, 9.17) is 4.98 Å². The monoisotopic (exact) mass is 504 g/mol. The lowest BCUT2D eigenvalue weighted by Crippen LogP contribution is -2.32. The third kappa shape index (κ3) is 4.59. The summed E-state index contributed by atoms with van der Waals surface area (Å²) in [4.78, 5) is 25.7. The quantitative estimate of drug-likeness (QED) is 0.298. The SMILES string of the molecule is Cc1cc(Nc2cc([C@@H](C)F)ccn2)nc(-c2cnc([C@]3(O)CCCc4cc(C(=O)O)ccc43)s2)c1. The van der Waals surface area contributed by atoms with E-state index in [9.17, 15) is 19.4 Å². The summed E-state index contributed by atoms with van der Waals surface area (Å²) in [6.45, 7) is 3.43. The maximum Gasteiger partial charge on any atom is 0.335 e. The van der Waals surface area contributed by atoms with Gasteiger partial charge in [-0.15, -0.1) is 11.3 Å². The van der Waals surface area contributed by atoms with Gasteiger partial charge in [-0.1, -0.05) is 6.07 Å². The lowest BCUT2D eigenvalue weighted by atomic mass is 9.79. The number of aromatic carboxylic acids is 1. The highest BCUT2D eigenvalue weighted by atomic mass is 32.1. The number of alkyl halides is 1. The van der Waals surface area contributed by atoms with Crippen LogP contribution in [0.3, 0.4) is 0 Å². The number of rotatable bonds is 6. The number of fused-ring (bicyclic) bond motifs is 1. The first-order valence-corrected chi connectivity index (χ1v) is 12.5. The van der Waals surface area contributed by atoms with E-state index in [0.29, 0.717) is 46.3 Å². The van der Waals surface area contributed by atoms with E-state index in [1.165, 1.54) is 24.3 Å². The minimum atomic E-state index is -1.29. The van der Waals surface area contributed by atoms with E-state index < -0.39 is 17.7 Å². The fraction of sp³-hybridized carbons (Fsp3) is 0.259. The molecule has 184 valence electrons. The number of hydrogen-bond acceptors (Lipinski definition) is 7. The second-order valence-corrected chi connectivity index (χ2v) is 10.1. The number of anilines is 2. The molecule has 0 saturated heterocycles. The molecule has 4 aromatic rings. The normalized spacial score (nSPS) is 17.9. The standard InChI is InChI=1S/C27H25FN4O3S/c1-15-10-21(31-24(11-15)32-23-13-17(16(2)28)7-9-29-23)22-14-30-26(36-22)27(35)8-3-4-18-12-19(25(33)34)5-6-20(18)27/h5-7,9-14,16,35H,3-4,8H2,1-2H3,(H,33,34)(H,29,31,32)/t16-,27+/m1/s1. The van der Waals surface area contributed by atoms with E-state index >= 15 is 0 Å². The Labute approximate surface area is 211 Å². The summed E-state index contributed by atoms with van der Waals surface area (Å²) < 4.78 is 13.7. The Morgan fingerprint density at radius 3 is 2.78 bits per heavy atom. The molecule has 0 bridgehead atoms. The molecule has 1 aliphatic rings. The number of carbonyl (C=O) groups is 1. The zero-order chi connectivity index (χ0) is 25.4. The van der Waals surface area contributed by atoms with Crippen molar-refractivity contribution in [2.75, 3.05) is 5.32 Å². The summed E-state index contributed by atoms with van der Waals surface area (Å²) in [6, 6.07) is 12.0. The molecule has 0 amide bonds. The molecule has 9 heteroatoms. The van der Waals surface area contributed by atoms with Crippen LogP contribution in [0.4, 0.5) is 16.0 Å². The number of nitrogens with one attached hydrogen (secondary N) is 1. The number of aryl methyl sites for hydroxylation is 2. The third-order valence-corrected chi connectivity index (χ3v) is 7.53. The first kappa shape index (κ1) is 24.0. The average molecular weight is 505 g/mol. The van der Waals surface area contributed by atoms with Gasteiger partial charge in [-0.2, -0.15) is 0 Å². The number of carboxylic acids is 1. The maximum absolute atomic E-state index is 13.7. The van der Waals surface area contributed by atoms with E-state index in [1.54, 1.807) is 36.7 Å². The molecule has 3 heterocycles. The third-order valence-electron chi connectivity index (χ3n) is 6.36. The van der Waals surface area contributed by atoms with E-state index in [2.05, 4.69) is 15.3 Å². The Kier molecular flexibility index (Phi) is 6.27. The fourth-order valence-corrected chi connectivity index (χ4v) is 5.57. The van der Waals surface area contributed by atoms with Crippen LogP contribution in [-0.4, -0.2) is 31.1 Å². The second kappa shape index (κ2) is 9.40. The molecule has 0 fully saturated rings. The average Bonchev–Trinajstić information content (AvgIpc) is 3.35. The number of nitrogens with zero attached hydrogens (tertiary/aromatic N) is 3. The number of benzene rings is 1. The lowest BCUT2D eigenvalue weighted by Gasteiger charge is -2.33. The summed E-state index contributed by atoms with van der Waals surface area (Å²) in [5.41, 5.74) is 2.65. The Morgan fingerprint density at radius 2 is 2.00 bits per heavy atom. The number of carboxylic acid groups (broad SMARTS) is 1. The van der Waals surface area contributed by atoms with Gasteiger partial charge >= 0.3 is 5.97 Å². The molecule has 0 unspecified atom stereocenters. The van der Waals surface area contributed by atoms with E-state index in [1.807, 2.05) is 19.1 Å². The molecule has 5 rings (SSSR count). The van der Waals surface area contributed by atoms with Gasteiger partial charge in [0.1, 0.15) is 28.4 Å². The van der Waals surface area contributed by atoms with Crippen LogP contribution in [0, 0.1) is 6.92 Å². The molecule has 3 aromatic heterocycles. The number of aromatic nitrogens is 3. The van der Waals surface area contributed by atoms with Crippen molar-refractivity contribution >= 4 is 28.9 Å². The van der Waals surface area contributed by atoms with Crippen LogP contribution in [0.15, 0.2) is 54.9 Å². The van der Waals surface area contributed by atoms with Gasteiger partial charge in [0, 0.05) is 12.4 Å². The van der Waals surface area contributed by atoms with Gasteiger partial charge in [-0.3, -0.25) is 0 Å². The van der Waals surface area contributed by atoms with Crippen molar-refractivity contribution in [1.29, 1.82) is 0 Å². The zero-order valence-electron chi connectivity index (χ0n) is 19.8. The number of thiazole rings is 1. The molecule has 36 heavy (non-hydrogen) atoms. The van der Waals surface area contributed by atoms with Crippen LogP contribution in [-0.2, 0) is 12.0 Å². The lowest BCUT2D eigenvalue weighted by molar-refractivity contribution is 0.0607. The Balaban J connectivity index is 1.46. The van der Waals surface area contributed by atoms with Gasteiger partial charge in [0.05, 0.1) is 16.1 Å². The smallest absolute Gasteiger partial charge is 0.335 e. The second-order valence-electron chi connectivity index (χ2n) is 9.05. The van der Waals surface area contributed by atoms with Gasteiger partial charge in [0.15, 0.2) is 0 Å². The van der Waals surface area contributed by atoms with E-state index in [0.717, 1.165) is 22.4 Å². The van der Waals surface area contributed by atoms with Crippen LogP contribution in [0.25, 0.3) is 10.6 Å². The van der Waals surface area contributed by atoms with Crippen LogP contribution in [0.2, 0.25) is 0 Å². The van der Waals surface area contributed by atoms with Crippen LogP contribution < -0.4 is 5.32 Å². The summed E-state index contributed by atoms with van der Waals surface area (Å²) in [6.07, 6.45) is 4.10. The van der Waals surface area contributed by atoms with Crippen molar-refractivity contribution in [3.8, 4) is 10.6 Å². The van der Waals surface area contributed by atoms with E-state index in [-0.39, 0.29) is 5.56 Å². The van der Waals surface area contributed by atoms with Gasteiger partial charge in [-0.05, 0) is 91.8 Å².